The van der Waals surface area contributed by atoms with Crippen LogP contribution in [0.3, 0.4) is 0 Å². The zero-order valence-electron chi connectivity index (χ0n) is 15.7. The van der Waals surface area contributed by atoms with Crippen LogP contribution in [0.4, 0.5) is 0 Å². The van der Waals surface area contributed by atoms with E-state index in [2.05, 4.69) is 55.7 Å². The number of carbonyl (C=O) groups excluding carboxylic acids is 2. The molecule has 1 atom stereocenters. The minimum atomic E-state index is -0.310. The third kappa shape index (κ3) is 5.76. The maximum absolute atomic E-state index is 12.3. The van der Waals surface area contributed by atoms with Crippen molar-refractivity contribution >= 4 is 11.8 Å². The summed E-state index contributed by atoms with van der Waals surface area (Å²) in [6.07, 6.45) is 3.85. The van der Waals surface area contributed by atoms with Gasteiger partial charge in [-0.05, 0) is 35.6 Å². The highest BCUT2D eigenvalue weighted by Gasteiger charge is 2.18. The molecule has 5 heteroatoms. The lowest BCUT2D eigenvalue weighted by molar-refractivity contribution is -0.122. The average molecular weight is 356 g/mol. The van der Waals surface area contributed by atoms with E-state index in [1.807, 2.05) is 0 Å². The fraction of sp³-hybridized carbons (Fsp3) is 0.429. The molecule has 0 radical (unpaired) electrons. The van der Waals surface area contributed by atoms with Gasteiger partial charge in [0.05, 0.1) is 12.3 Å². The van der Waals surface area contributed by atoms with Crippen molar-refractivity contribution in [3.63, 3.8) is 0 Å². The maximum atomic E-state index is 12.3. The smallest absolute Gasteiger partial charge is 0.286 e. The molecule has 2 N–H and O–H groups in total. The van der Waals surface area contributed by atoms with Gasteiger partial charge in [0, 0.05) is 13.0 Å². The van der Waals surface area contributed by atoms with Crippen LogP contribution in [0.1, 0.15) is 61.3 Å². The first-order valence-corrected chi connectivity index (χ1v) is 9.21. The number of nitrogens with one attached hydrogen (secondary N) is 2. The van der Waals surface area contributed by atoms with Gasteiger partial charge in [0.25, 0.3) is 5.91 Å². The lowest BCUT2D eigenvalue weighted by Crippen LogP contribution is -2.34. The van der Waals surface area contributed by atoms with Gasteiger partial charge in [-0.1, -0.05) is 51.5 Å². The molecule has 2 rings (SSSR count). The van der Waals surface area contributed by atoms with Gasteiger partial charge >= 0.3 is 0 Å². The lowest BCUT2D eigenvalue weighted by Gasteiger charge is -2.23. The number of amides is 2. The number of aryl methyl sites for hydroxylation is 1. The molecular weight excluding hydrogens is 328 g/mol. The van der Waals surface area contributed by atoms with Crippen molar-refractivity contribution in [1.82, 2.24) is 10.6 Å². The minimum absolute atomic E-state index is 0.0426. The lowest BCUT2D eigenvalue weighted by atomic mass is 9.94. The molecule has 26 heavy (non-hydrogen) atoms. The topological polar surface area (TPSA) is 71.3 Å². The number of hydrogen-bond acceptors (Lipinski definition) is 3. The van der Waals surface area contributed by atoms with Crippen molar-refractivity contribution in [3.05, 3.63) is 59.5 Å². The largest absolute Gasteiger partial charge is 0.459 e. The fourth-order valence-corrected chi connectivity index (χ4v) is 2.85. The molecule has 0 saturated heterocycles. The molecule has 0 unspecified atom stereocenters. The van der Waals surface area contributed by atoms with Crippen molar-refractivity contribution in [2.24, 2.45) is 5.92 Å². The Bertz CT molecular complexity index is 691. The first-order valence-electron chi connectivity index (χ1n) is 9.21. The molecule has 1 aromatic carbocycles. The van der Waals surface area contributed by atoms with Gasteiger partial charge in [0.1, 0.15) is 0 Å². The molecule has 2 amide bonds. The number of furan rings is 1. The van der Waals surface area contributed by atoms with E-state index in [9.17, 15) is 9.59 Å². The molecule has 0 saturated carbocycles. The van der Waals surface area contributed by atoms with Crippen LogP contribution in [-0.4, -0.2) is 18.4 Å². The SMILES string of the molecule is CCCc1ccc([C@@H](NC(=O)CCNC(=O)c2ccco2)C(C)C)cc1. The molecule has 2 aromatic rings. The Labute approximate surface area is 155 Å². The maximum Gasteiger partial charge on any atom is 0.286 e. The number of benzene rings is 1. The number of rotatable bonds is 9. The van der Waals surface area contributed by atoms with E-state index in [1.165, 1.54) is 11.8 Å². The van der Waals surface area contributed by atoms with Crippen LogP contribution in [0.5, 0.6) is 0 Å². The monoisotopic (exact) mass is 356 g/mol. The molecule has 140 valence electrons. The van der Waals surface area contributed by atoms with E-state index in [0.717, 1.165) is 18.4 Å². The van der Waals surface area contributed by atoms with Crippen LogP contribution in [-0.2, 0) is 11.2 Å². The summed E-state index contributed by atoms with van der Waals surface area (Å²) in [4.78, 5) is 24.1. The first kappa shape index (κ1) is 19.8. The van der Waals surface area contributed by atoms with Gasteiger partial charge in [-0.3, -0.25) is 9.59 Å². The standard InChI is InChI=1S/C21H28N2O3/c1-4-6-16-8-10-17(11-9-16)20(15(2)3)23-19(24)12-13-22-21(25)18-7-5-14-26-18/h5,7-11,14-15,20H,4,6,12-13H2,1-3H3,(H,22,25)(H,23,24)/t20-/m0/s1. The highest BCUT2D eigenvalue weighted by molar-refractivity contribution is 5.91. The molecule has 0 spiro atoms. The van der Waals surface area contributed by atoms with Crippen LogP contribution in [0.2, 0.25) is 0 Å². The fourth-order valence-electron chi connectivity index (χ4n) is 2.85. The Balaban J connectivity index is 1.86. The van der Waals surface area contributed by atoms with Gasteiger partial charge in [-0.2, -0.15) is 0 Å². The van der Waals surface area contributed by atoms with E-state index in [-0.39, 0.29) is 42.5 Å². The number of carbonyl (C=O) groups is 2. The molecule has 0 aliphatic heterocycles. The van der Waals surface area contributed by atoms with Crippen LogP contribution in [0.25, 0.3) is 0 Å². The Morgan fingerprint density at radius 2 is 1.85 bits per heavy atom. The second-order valence-electron chi connectivity index (χ2n) is 6.76. The predicted octanol–water partition coefficient (Wildman–Crippen LogP) is 3.87. The third-order valence-corrected chi connectivity index (χ3v) is 4.24. The molecule has 0 aliphatic rings. The summed E-state index contributed by atoms with van der Waals surface area (Å²) in [6.45, 7) is 6.61. The summed E-state index contributed by atoms with van der Waals surface area (Å²) < 4.78 is 5.02. The Hall–Kier alpha value is -2.56. The van der Waals surface area contributed by atoms with Gasteiger partial charge in [-0.15, -0.1) is 0 Å². The molecule has 0 aliphatic carbocycles. The molecule has 1 aromatic heterocycles. The molecule has 0 fully saturated rings. The van der Waals surface area contributed by atoms with Crippen LogP contribution >= 0.6 is 0 Å². The molecule has 1 heterocycles. The van der Waals surface area contributed by atoms with Crippen LogP contribution in [0.15, 0.2) is 47.1 Å². The molecular formula is C21H28N2O3. The zero-order chi connectivity index (χ0) is 18.9. The Kier molecular flexibility index (Phi) is 7.45. The van der Waals surface area contributed by atoms with Gasteiger partial charge in [-0.25, -0.2) is 0 Å². The van der Waals surface area contributed by atoms with E-state index in [1.54, 1.807) is 12.1 Å². The molecule has 0 bridgehead atoms. The summed E-state index contributed by atoms with van der Waals surface area (Å²) in [6, 6.07) is 11.6. The van der Waals surface area contributed by atoms with Crippen molar-refractivity contribution in [2.45, 2.75) is 46.1 Å². The summed E-state index contributed by atoms with van der Waals surface area (Å²) in [5, 5.41) is 5.77. The number of hydrogen-bond donors (Lipinski definition) is 2. The second-order valence-corrected chi connectivity index (χ2v) is 6.76. The predicted molar refractivity (Wildman–Crippen MR) is 102 cm³/mol. The van der Waals surface area contributed by atoms with Crippen LogP contribution < -0.4 is 10.6 Å². The van der Waals surface area contributed by atoms with E-state index in [0.29, 0.717) is 0 Å². The highest BCUT2D eigenvalue weighted by atomic mass is 16.3. The minimum Gasteiger partial charge on any atom is -0.459 e. The zero-order valence-corrected chi connectivity index (χ0v) is 15.7. The van der Waals surface area contributed by atoms with Gasteiger partial charge in [0.15, 0.2) is 5.76 Å². The van der Waals surface area contributed by atoms with Gasteiger partial charge < -0.3 is 15.1 Å². The third-order valence-electron chi connectivity index (χ3n) is 4.24. The summed E-state index contributed by atoms with van der Waals surface area (Å²) >= 11 is 0. The van der Waals surface area contributed by atoms with E-state index >= 15 is 0 Å². The van der Waals surface area contributed by atoms with Crippen LogP contribution in [0, 0.1) is 5.92 Å². The summed E-state index contributed by atoms with van der Waals surface area (Å²) in [5.74, 6) is 0.127. The first-order chi connectivity index (χ1) is 12.5. The Morgan fingerprint density at radius 1 is 1.12 bits per heavy atom. The summed E-state index contributed by atoms with van der Waals surface area (Å²) in [5.41, 5.74) is 2.42. The molecule has 5 nitrogen and oxygen atoms in total. The van der Waals surface area contributed by atoms with Crippen molar-refractivity contribution in [1.29, 1.82) is 0 Å². The Morgan fingerprint density at radius 3 is 2.42 bits per heavy atom. The van der Waals surface area contributed by atoms with Crippen molar-refractivity contribution in [3.8, 4) is 0 Å². The van der Waals surface area contributed by atoms with Crippen molar-refractivity contribution in [2.75, 3.05) is 6.54 Å². The van der Waals surface area contributed by atoms with E-state index in [4.69, 9.17) is 4.42 Å². The van der Waals surface area contributed by atoms with Gasteiger partial charge in [0.2, 0.25) is 5.91 Å². The summed E-state index contributed by atoms with van der Waals surface area (Å²) in [7, 11) is 0. The highest BCUT2D eigenvalue weighted by Crippen LogP contribution is 2.22. The van der Waals surface area contributed by atoms with E-state index < -0.39 is 0 Å². The normalized spacial score (nSPS) is 12.0. The second kappa shape index (κ2) is 9.80. The van der Waals surface area contributed by atoms with Crippen molar-refractivity contribution < 1.29 is 14.0 Å². The quantitative estimate of drug-likeness (QED) is 0.716. The average Bonchev–Trinajstić information content (AvgIpc) is 3.15.